The molecular formula is C16H14F4O4S. The minimum absolute atomic E-state index is 0.0941. The summed E-state index contributed by atoms with van der Waals surface area (Å²) in [5.74, 6) is -10.2. The lowest BCUT2D eigenvalue weighted by atomic mass is 9.99. The van der Waals surface area contributed by atoms with E-state index in [0.717, 1.165) is 12.0 Å². The SMILES string of the molecule is CCC(C)c1cccc(Oc2c(F)c(F)c(F)c(S(=O)(=O)O)c2F)c1. The molecule has 1 N–H and O–H groups in total. The Morgan fingerprint density at radius 3 is 2.28 bits per heavy atom. The van der Waals surface area contributed by atoms with Crippen molar-refractivity contribution in [1.29, 1.82) is 0 Å². The number of benzene rings is 2. The Balaban J connectivity index is 2.60. The van der Waals surface area contributed by atoms with Crippen molar-refractivity contribution in [2.75, 3.05) is 0 Å². The maximum Gasteiger partial charge on any atom is 0.300 e. The van der Waals surface area contributed by atoms with Gasteiger partial charge >= 0.3 is 10.1 Å². The van der Waals surface area contributed by atoms with Crippen molar-refractivity contribution in [1.82, 2.24) is 0 Å². The minimum Gasteiger partial charge on any atom is -0.451 e. The summed E-state index contributed by atoms with van der Waals surface area (Å²) in [5.41, 5.74) is 0.762. The van der Waals surface area contributed by atoms with E-state index in [4.69, 9.17) is 9.29 Å². The predicted octanol–water partition coefficient (Wildman–Crippen LogP) is 4.80. The van der Waals surface area contributed by atoms with Crippen LogP contribution < -0.4 is 4.74 Å². The van der Waals surface area contributed by atoms with E-state index < -0.39 is 44.0 Å². The van der Waals surface area contributed by atoms with Gasteiger partial charge in [-0.3, -0.25) is 4.55 Å². The van der Waals surface area contributed by atoms with Gasteiger partial charge in [-0.05, 0) is 30.0 Å². The lowest BCUT2D eigenvalue weighted by molar-refractivity contribution is 0.346. The molecule has 0 aliphatic carbocycles. The third-order valence-electron chi connectivity index (χ3n) is 3.70. The average Bonchev–Trinajstić information content (AvgIpc) is 2.55. The van der Waals surface area contributed by atoms with Gasteiger partial charge in [0, 0.05) is 0 Å². The molecule has 0 aromatic heterocycles. The van der Waals surface area contributed by atoms with E-state index in [9.17, 15) is 26.0 Å². The van der Waals surface area contributed by atoms with E-state index in [0.29, 0.717) is 0 Å². The molecule has 0 aliphatic rings. The maximum atomic E-state index is 14.2. The highest BCUT2D eigenvalue weighted by atomic mass is 32.2. The van der Waals surface area contributed by atoms with Gasteiger partial charge in [-0.1, -0.05) is 26.0 Å². The van der Waals surface area contributed by atoms with Gasteiger partial charge in [-0.15, -0.1) is 0 Å². The molecule has 0 fully saturated rings. The normalized spacial score (nSPS) is 12.9. The number of hydrogen-bond donors (Lipinski definition) is 1. The van der Waals surface area contributed by atoms with E-state index in [1.54, 1.807) is 6.07 Å². The van der Waals surface area contributed by atoms with Gasteiger partial charge < -0.3 is 4.74 Å². The van der Waals surface area contributed by atoms with Crippen molar-refractivity contribution in [3.8, 4) is 11.5 Å². The summed E-state index contributed by atoms with van der Waals surface area (Å²) >= 11 is 0. The van der Waals surface area contributed by atoms with Crippen molar-refractivity contribution in [2.45, 2.75) is 31.1 Å². The summed E-state index contributed by atoms with van der Waals surface area (Å²) in [6.07, 6.45) is 0.768. The van der Waals surface area contributed by atoms with E-state index >= 15 is 0 Å². The molecule has 4 nitrogen and oxygen atoms in total. The molecule has 0 bridgehead atoms. The number of rotatable bonds is 5. The van der Waals surface area contributed by atoms with Crippen LogP contribution in [0.4, 0.5) is 17.6 Å². The van der Waals surface area contributed by atoms with Gasteiger partial charge in [0.2, 0.25) is 11.6 Å². The molecule has 9 heteroatoms. The van der Waals surface area contributed by atoms with Gasteiger partial charge in [-0.25, -0.2) is 13.2 Å². The molecular weight excluding hydrogens is 364 g/mol. The van der Waals surface area contributed by atoms with Crippen LogP contribution in [-0.2, 0) is 10.1 Å². The lowest BCUT2D eigenvalue weighted by Gasteiger charge is -2.14. The fraction of sp³-hybridized carbons (Fsp3) is 0.250. The van der Waals surface area contributed by atoms with Crippen LogP contribution in [0.3, 0.4) is 0 Å². The largest absolute Gasteiger partial charge is 0.451 e. The first-order valence-electron chi connectivity index (χ1n) is 7.19. The van der Waals surface area contributed by atoms with Crippen LogP contribution in [0.1, 0.15) is 31.7 Å². The number of hydrogen-bond acceptors (Lipinski definition) is 3. The highest BCUT2D eigenvalue weighted by Gasteiger charge is 2.33. The summed E-state index contributed by atoms with van der Waals surface area (Å²) in [7, 11) is -5.48. The second-order valence-corrected chi connectivity index (χ2v) is 6.73. The zero-order chi connectivity index (χ0) is 18.9. The zero-order valence-corrected chi connectivity index (χ0v) is 14.0. The maximum absolute atomic E-state index is 14.2. The summed E-state index contributed by atoms with van der Waals surface area (Å²) in [5, 5.41) is 0. The fourth-order valence-corrected chi connectivity index (χ4v) is 2.78. The second kappa shape index (κ2) is 7.01. The van der Waals surface area contributed by atoms with Gasteiger partial charge in [0.1, 0.15) is 5.75 Å². The van der Waals surface area contributed by atoms with E-state index in [-0.39, 0.29) is 11.7 Å². The molecule has 2 rings (SSSR count). The fourth-order valence-electron chi connectivity index (χ4n) is 2.15. The van der Waals surface area contributed by atoms with Crippen LogP contribution in [0.15, 0.2) is 29.2 Å². The molecule has 136 valence electrons. The Kier molecular flexibility index (Phi) is 5.38. The molecule has 2 aromatic carbocycles. The molecule has 2 aromatic rings. The van der Waals surface area contributed by atoms with Crippen molar-refractivity contribution in [2.24, 2.45) is 0 Å². The first-order valence-corrected chi connectivity index (χ1v) is 8.63. The van der Waals surface area contributed by atoms with Gasteiger partial charge in [0.05, 0.1) is 0 Å². The van der Waals surface area contributed by atoms with Crippen molar-refractivity contribution in [3.05, 3.63) is 53.1 Å². The van der Waals surface area contributed by atoms with E-state index in [1.165, 1.54) is 18.2 Å². The molecule has 0 radical (unpaired) electrons. The Morgan fingerprint density at radius 2 is 1.72 bits per heavy atom. The Labute approximate surface area is 141 Å². The molecule has 0 heterocycles. The molecule has 0 amide bonds. The smallest absolute Gasteiger partial charge is 0.300 e. The third kappa shape index (κ3) is 3.77. The molecule has 0 aliphatic heterocycles. The highest BCUT2D eigenvalue weighted by molar-refractivity contribution is 7.85. The highest BCUT2D eigenvalue weighted by Crippen LogP contribution is 2.36. The molecule has 1 unspecified atom stereocenters. The summed E-state index contributed by atoms with van der Waals surface area (Å²) in [4.78, 5) is -2.01. The number of ether oxygens (including phenoxy) is 1. The summed E-state index contributed by atoms with van der Waals surface area (Å²) in [6.45, 7) is 3.82. The molecule has 1 atom stereocenters. The minimum atomic E-state index is -5.48. The third-order valence-corrected chi connectivity index (χ3v) is 4.57. The van der Waals surface area contributed by atoms with Crippen LogP contribution in [-0.4, -0.2) is 13.0 Å². The first-order chi connectivity index (χ1) is 11.6. The summed E-state index contributed by atoms with van der Waals surface area (Å²) in [6, 6.07) is 6.00. The average molecular weight is 378 g/mol. The van der Waals surface area contributed by atoms with Crippen molar-refractivity contribution >= 4 is 10.1 Å². The van der Waals surface area contributed by atoms with E-state index in [2.05, 4.69) is 0 Å². The predicted molar refractivity (Wildman–Crippen MR) is 81.3 cm³/mol. The van der Waals surface area contributed by atoms with Gasteiger partial charge in [0.15, 0.2) is 22.3 Å². The van der Waals surface area contributed by atoms with Crippen LogP contribution in [0.2, 0.25) is 0 Å². The Hall–Kier alpha value is -2.13. The quantitative estimate of drug-likeness (QED) is 0.351. The molecule has 0 saturated carbocycles. The Morgan fingerprint density at radius 1 is 1.08 bits per heavy atom. The Bertz CT molecular complexity index is 913. The topological polar surface area (TPSA) is 63.6 Å². The first kappa shape index (κ1) is 19.2. The monoisotopic (exact) mass is 378 g/mol. The van der Waals surface area contributed by atoms with Crippen LogP contribution >= 0.6 is 0 Å². The summed E-state index contributed by atoms with van der Waals surface area (Å²) < 4.78 is 91.0. The zero-order valence-electron chi connectivity index (χ0n) is 13.2. The molecule has 0 spiro atoms. The van der Waals surface area contributed by atoms with Crippen LogP contribution in [0.5, 0.6) is 11.5 Å². The van der Waals surface area contributed by atoms with E-state index in [1.807, 2.05) is 13.8 Å². The van der Waals surface area contributed by atoms with Crippen molar-refractivity contribution in [3.63, 3.8) is 0 Å². The molecule has 25 heavy (non-hydrogen) atoms. The standard InChI is InChI=1S/C16H14F4O4S/c1-3-8(2)9-5-4-6-10(7-9)24-15-12(18)11(17)13(19)16(14(15)20)25(21,22)23/h4-8H,3H2,1-2H3,(H,21,22,23). The van der Waals surface area contributed by atoms with Gasteiger partial charge in [0.25, 0.3) is 0 Å². The lowest BCUT2D eigenvalue weighted by Crippen LogP contribution is -2.11. The number of halogens is 4. The second-order valence-electron chi connectivity index (χ2n) is 5.37. The van der Waals surface area contributed by atoms with Crippen molar-refractivity contribution < 1.29 is 35.3 Å². The molecule has 0 saturated heterocycles. The van der Waals surface area contributed by atoms with Crippen LogP contribution in [0, 0.1) is 23.3 Å². The van der Waals surface area contributed by atoms with Gasteiger partial charge in [-0.2, -0.15) is 12.8 Å². The van der Waals surface area contributed by atoms with Crippen LogP contribution in [0.25, 0.3) is 0 Å².